The first-order chi connectivity index (χ1) is 12.6. The number of carbonyl (C=O) groups is 2. The maximum atomic E-state index is 12.4. The van der Waals surface area contributed by atoms with Crippen LogP contribution in [-0.2, 0) is 4.74 Å². The molecule has 0 saturated carbocycles. The highest BCUT2D eigenvalue weighted by Crippen LogP contribution is 2.14. The second kappa shape index (κ2) is 8.18. The Hall–Kier alpha value is -2.61. The lowest BCUT2D eigenvalue weighted by Gasteiger charge is -2.31. The molecule has 2 amide bonds. The first-order valence-corrected chi connectivity index (χ1v) is 8.85. The third kappa shape index (κ3) is 4.32. The van der Waals surface area contributed by atoms with Gasteiger partial charge in [0.15, 0.2) is 5.69 Å². The summed E-state index contributed by atoms with van der Waals surface area (Å²) in [7, 11) is 0. The minimum Gasteiger partial charge on any atom is -0.450 e. The molecule has 3 rings (SSSR count). The fourth-order valence-corrected chi connectivity index (χ4v) is 2.89. The molecule has 1 fully saturated rings. The summed E-state index contributed by atoms with van der Waals surface area (Å²) >= 11 is 5.87. The number of hydrogen-bond acceptors (Lipinski definition) is 5. The van der Waals surface area contributed by atoms with Crippen molar-refractivity contribution in [2.75, 3.05) is 19.7 Å². The van der Waals surface area contributed by atoms with Crippen molar-refractivity contribution in [1.82, 2.24) is 25.2 Å². The number of nitrogens with zero attached hydrogens (tertiary/aromatic N) is 4. The van der Waals surface area contributed by atoms with Crippen molar-refractivity contribution in [3.63, 3.8) is 0 Å². The summed E-state index contributed by atoms with van der Waals surface area (Å²) in [6.45, 7) is 3.25. The lowest BCUT2D eigenvalue weighted by atomic mass is 10.1. The van der Waals surface area contributed by atoms with Gasteiger partial charge in [0, 0.05) is 24.2 Å². The molecule has 0 spiro atoms. The molecule has 9 heteroatoms. The molecule has 0 atom stereocenters. The highest BCUT2D eigenvalue weighted by atomic mass is 35.5. The molecule has 0 radical (unpaired) electrons. The molecule has 1 aromatic heterocycles. The van der Waals surface area contributed by atoms with Crippen molar-refractivity contribution in [3.8, 4) is 5.69 Å². The Morgan fingerprint density at radius 2 is 1.96 bits per heavy atom. The third-order valence-corrected chi connectivity index (χ3v) is 4.43. The maximum absolute atomic E-state index is 12.4. The highest BCUT2D eigenvalue weighted by Gasteiger charge is 2.25. The summed E-state index contributed by atoms with van der Waals surface area (Å²) in [5, 5.41) is 11.5. The predicted molar refractivity (Wildman–Crippen MR) is 95.5 cm³/mol. The van der Waals surface area contributed by atoms with Gasteiger partial charge in [-0.15, -0.1) is 5.10 Å². The van der Waals surface area contributed by atoms with E-state index in [9.17, 15) is 9.59 Å². The predicted octanol–water partition coefficient (Wildman–Crippen LogP) is 2.27. The molecule has 1 aliphatic rings. The number of aromatic nitrogens is 3. The Kier molecular flexibility index (Phi) is 5.72. The van der Waals surface area contributed by atoms with Gasteiger partial charge in [0.05, 0.1) is 18.5 Å². The summed E-state index contributed by atoms with van der Waals surface area (Å²) in [6.07, 6.45) is 2.63. The van der Waals surface area contributed by atoms with Gasteiger partial charge < -0.3 is 15.0 Å². The summed E-state index contributed by atoms with van der Waals surface area (Å²) in [5.41, 5.74) is 1.01. The number of rotatable bonds is 4. The zero-order valence-corrected chi connectivity index (χ0v) is 15.1. The van der Waals surface area contributed by atoms with Crippen molar-refractivity contribution in [3.05, 3.63) is 41.2 Å². The van der Waals surface area contributed by atoms with Crippen LogP contribution in [0, 0.1) is 0 Å². The molecule has 0 aliphatic carbocycles. The van der Waals surface area contributed by atoms with Gasteiger partial charge in [-0.3, -0.25) is 4.79 Å². The van der Waals surface area contributed by atoms with E-state index in [1.54, 1.807) is 42.3 Å². The van der Waals surface area contributed by atoms with Gasteiger partial charge >= 0.3 is 6.09 Å². The molecule has 26 heavy (non-hydrogen) atoms. The number of hydrogen-bond donors (Lipinski definition) is 1. The van der Waals surface area contributed by atoms with Crippen molar-refractivity contribution < 1.29 is 14.3 Å². The van der Waals surface area contributed by atoms with Crippen molar-refractivity contribution in [2.24, 2.45) is 0 Å². The summed E-state index contributed by atoms with van der Waals surface area (Å²) in [6, 6.07) is 7.08. The monoisotopic (exact) mass is 377 g/mol. The van der Waals surface area contributed by atoms with Gasteiger partial charge in [-0.1, -0.05) is 16.8 Å². The van der Waals surface area contributed by atoms with E-state index < -0.39 is 0 Å². The summed E-state index contributed by atoms with van der Waals surface area (Å²) < 4.78 is 6.51. The third-order valence-electron chi connectivity index (χ3n) is 4.17. The Bertz CT molecular complexity index is 769. The molecule has 1 saturated heterocycles. The van der Waals surface area contributed by atoms with E-state index in [1.807, 2.05) is 0 Å². The molecule has 8 nitrogen and oxygen atoms in total. The Morgan fingerprint density at radius 3 is 2.62 bits per heavy atom. The SMILES string of the molecule is CCOC(=O)N1CCC(NC(=O)c2cn(-c3ccc(Cl)cc3)nn2)CC1. The molecule has 0 bridgehead atoms. The van der Waals surface area contributed by atoms with E-state index >= 15 is 0 Å². The van der Waals surface area contributed by atoms with Gasteiger partial charge in [-0.25, -0.2) is 9.48 Å². The van der Waals surface area contributed by atoms with Crippen LogP contribution in [0.1, 0.15) is 30.3 Å². The van der Waals surface area contributed by atoms with Gasteiger partial charge in [0.1, 0.15) is 0 Å². The Labute approximate surface area is 156 Å². The van der Waals surface area contributed by atoms with Crippen LogP contribution in [0.5, 0.6) is 0 Å². The molecule has 1 N–H and O–H groups in total. The zero-order chi connectivity index (χ0) is 18.5. The molecule has 138 valence electrons. The van der Waals surface area contributed by atoms with Gasteiger partial charge in [0.2, 0.25) is 0 Å². The van der Waals surface area contributed by atoms with Crippen LogP contribution in [0.3, 0.4) is 0 Å². The normalized spacial score (nSPS) is 14.9. The van der Waals surface area contributed by atoms with E-state index in [0.717, 1.165) is 5.69 Å². The fraction of sp³-hybridized carbons (Fsp3) is 0.412. The van der Waals surface area contributed by atoms with Crippen molar-refractivity contribution in [2.45, 2.75) is 25.8 Å². The van der Waals surface area contributed by atoms with Gasteiger partial charge in [-0.2, -0.15) is 0 Å². The average Bonchev–Trinajstić information content (AvgIpc) is 3.13. The van der Waals surface area contributed by atoms with E-state index in [4.69, 9.17) is 16.3 Å². The van der Waals surface area contributed by atoms with Gasteiger partial charge in [-0.05, 0) is 44.0 Å². The quantitative estimate of drug-likeness (QED) is 0.882. The Morgan fingerprint density at radius 1 is 1.27 bits per heavy atom. The fourth-order valence-electron chi connectivity index (χ4n) is 2.77. The first-order valence-electron chi connectivity index (χ1n) is 8.47. The average molecular weight is 378 g/mol. The van der Waals surface area contributed by atoms with Crippen LogP contribution in [0.15, 0.2) is 30.5 Å². The largest absolute Gasteiger partial charge is 0.450 e. The van der Waals surface area contributed by atoms with E-state index in [1.165, 1.54) is 4.68 Å². The molecule has 2 aromatic rings. The van der Waals surface area contributed by atoms with Gasteiger partial charge in [0.25, 0.3) is 5.91 Å². The first kappa shape index (κ1) is 18.2. The molecular formula is C17H20ClN5O3. The van der Waals surface area contributed by atoms with Crippen LogP contribution in [0.2, 0.25) is 5.02 Å². The van der Waals surface area contributed by atoms with E-state index in [0.29, 0.717) is 37.6 Å². The summed E-state index contributed by atoms with van der Waals surface area (Å²) in [5.74, 6) is -0.278. The van der Waals surface area contributed by atoms with Crippen LogP contribution < -0.4 is 5.32 Å². The molecule has 1 aromatic carbocycles. The lowest BCUT2D eigenvalue weighted by Crippen LogP contribution is -2.46. The standard InChI is InChI=1S/C17H20ClN5O3/c1-2-26-17(25)22-9-7-13(8-10-22)19-16(24)15-11-23(21-20-15)14-5-3-12(18)4-6-14/h3-6,11,13H,2,7-10H2,1H3,(H,19,24). The smallest absolute Gasteiger partial charge is 0.409 e. The van der Waals surface area contributed by atoms with E-state index in [-0.39, 0.29) is 23.7 Å². The number of halogens is 1. The number of ether oxygens (including phenoxy) is 1. The van der Waals surface area contributed by atoms with Crippen LogP contribution in [0.25, 0.3) is 5.69 Å². The number of amides is 2. The molecule has 2 heterocycles. The second-order valence-corrected chi connectivity index (χ2v) is 6.39. The maximum Gasteiger partial charge on any atom is 0.409 e. The highest BCUT2D eigenvalue weighted by molar-refractivity contribution is 6.30. The molecule has 0 unspecified atom stereocenters. The topological polar surface area (TPSA) is 89.4 Å². The van der Waals surface area contributed by atoms with Crippen LogP contribution >= 0.6 is 11.6 Å². The minimum atomic E-state index is -0.303. The van der Waals surface area contributed by atoms with Crippen LogP contribution in [0.4, 0.5) is 4.79 Å². The zero-order valence-electron chi connectivity index (χ0n) is 14.4. The molecule has 1 aliphatic heterocycles. The lowest BCUT2D eigenvalue weighted by molar-refractivity contribution is 0.0856. The summed E-state index contributed by atoms with van der Waals surface area (Å²) in [4.78, 5) is 25.7. The van der Waals surface area contributed by atoms with Crippen molar-refractivity contribution >= 4 is 23.6 Å². The second-order valence-electron chi connectivity index (χ2n) is 5.96. The van der Waals surface area contributed by atoms with Crippen molar-refractivity contribution in [1.29, 1.82) is 0 Å². The number of benzene rings is 1. The van der Waals surface area contributed by atoms with E-state index in [2.05, 4.69) is 15.6 Å². The number of nitrogens with one attached hydrogen (secondary N) is 1. The minimum absolute atomic E-state index is 0.00569. The molecular weight excluding hydrogens is 358 g/mol. The number of carbonyl (C=O) groups excluding carboxylic acids is 2. The number of likely N-dealkylation sites (tertiary alicyclic amines) is 1. The van der Waals surface area contributed by atoms with Crippen LogP contribution in [-0.4, -0.2) is 57.6 Å². The Balaban J connectivity index is 1.55. The number of piperidine rings is 1.